The van der Waals surface area contributed by atoms with E-state index in [0.29, 0.717) is 18.6 Å². The van der Waals surface area contributed by atoms with Crippen LogP contribution in [0.4, 0.5) is 0 Å². The molecule has 2 saturated carbocycles. The van der Waals surface area contributed by atoms with E-state index in [0.717, 1.165) is 6.42 Å². The van der Waals surface area contributed by atoms with E-state index >= 15 is 0 Å². The molecule has 118 valence electrons. The lowest BCUT2D eigenvalue weighted by atomic mass is 9.58. The first-order valence-electron chi connectivity index (χ1n) is 8.54. The third-order valence-corrected chi connectivity index (χ3v) is 5.81. The summed E-state index contributed by atoms with van der Waals surface area (Å²) in [6.45, 7) is 0. The zero-order chi connectivity index (χ0) is 15.8. The third kappa shape index (κ3) is 2.61. The molecule has 0 radical (unpaired) electrons. The molecule has 1 N–H and O–H groups in total. The van der Waals surface area contributed by atoms with Gasteiger partial charge < -0.3 is 5.11 Å². The molecule has 0 spiro atoms. The molecule has 2 heteroatoms. The molecule has 0 aliphatic heterocycles. The van der Waals surface area contributed by atoms with E-state index in [9.17, 15) is 9.90 Å². The molecular weight excluding hydrogens is 284 g/mol. The second-order valence-corrected chi connectivity index (χ2v) is 7.01. The Morgan fingerprint density at radius 3 is 1.91 bits per heavy atom. The Labute approximate surface area is 137 Å². The molecule has 2 fully saturated rings. The van der Waals surface area contributed by atoms with Crippen LogP contribution in [0.25, 0.3) is 0 Å². The van der Waals surface area contributed by atoms with Gasteiger partial charge in [0.2, 0.25) is 0 Å². The first-order chi connectivity index (χ1) is 11.2. The van der Waals surface area contributed by atoms with Gasteiger partial charge in [-0.15, -0.1) is 0 Å². The Morgan fingerprint density at radius 2 is 1.30 bits per heavy atom. The van der Waals surface area contributed by atoms with Gasteiger partial charge in [-0.05, 0) is 41.7 Å². The highest BCUT2D eigenvalue weighted by atomic mass is 16.3. The lowest BCUT2D eigenvalue weighted by Crippen LogP contribution is -2.45. The molecule has 2 bridgehead atoms. The van der Waals surface area contributed by atoms with Crippen LogP contribution in [-0.2, 0) is 4.79 Å². The molecule has 0 unspecified atom stereocenters. The van der Waals surface area contributed by atoms with Crippen molar-refractivity contribution in [3.8, 4) is 0 Å². The average Bonchev–Trinajstić information content (AvgIpc) is 2.61. The first kappa shape index (κ1) is 14.6. The molecule has 4 rings (SSSR count). The number of Topliss-reactive ketones (excluding diaryl/α,β-unsaturated/α-hetero) is 1. The molecule has 0 aromatic heterocycles. The Balaban J connectivity index is 1.64. The summed E-state index contributed by atoms with van der Waals surface area (Å²) in [5.74, 6) is 1.00. The first-order valence-corrected chi connectivity index (χ1v) is 8.54. The molecule has 0 saturated heterocycles. The SMILES string of the molecule is O=C1C[C@@H](c2ccccc2)[C@H]2C[C@H]1[C@H](c1ccccc1)C[C@@H]2O. The van der Waals surface area contributed by atoms with E-state index in [-0.39, 0.29) is 29.8 Å². The van der Waals surface area contributed by atoms with E-state index in [4.69, 9.17) is 0 Å². The number of aliphatic hydroxyl groups excluding tert-OH is 1. The molecule has 5 atom stereocenters. The Morgan fingerprint density at radius 1 is 0.739 bits per heavy atom. The summed E-state index contributed by atoms with van der Waals surface area (Å²) in [5, 5.41) is 10.8. The predicted molar refractivity (Wildman–Crippen MR) is 90.2 cm³/mol. The van der Waals surface area contributed by atoms with Crippen molar-refractivity contribution >= 4 is 5.78 Å². The minimum Gasteiger partial charge on any atom is -0.393 e. The molecule has 2 aromatic carbocycles. The number of benzene rings is 2. The van der Waals surface area contributed by atoms with Crippen molar-refractivity contribution < 1.29 is 9.90 Å². The van der Waals surface area contributed by atoms with Crippen LogP contribution in [0, 0.1) is 11.8 Å². The van der Waals surface area contributed by atoms with Crippen LogP contribution in [-0.4, -0.2) is 17.0 Å². The van der Waals surface area contributed by atoms with Gasteiger partial charge in [0.1, 0.15) is 5.78 Å². The lowest BCUT2D eigenvalue weighted by molar-refractivity contribution is -0.132. The predicted octanol–water partition coefficient (Wildman–Crippen LogP) is 3.91. The lowest BCUT2D eigenvalue weighted by Gasteiger charge is -2.46. The summed E-state index contributed by atoms with van der Waals surface area (Å²) < 4.78 is 0. The topological polar surface area (TPSA) is 37.3 Å². The van der Waals surface area contributed by atoms with E-state index in [1.807, 2.05) is 36.4 Å². The number of carbonyl (C=O) groups excluding carboxylic acids is 1. The van der Waals surface area contributed by atoms with Crippen molar-refractivity contribution in [1.29, 1.82) is 0 Å². The van der Waals surface area contributed by atoms with Crippen molar-refractivity contribution in [2.75, 3.05) is 0 Å². The van der Waals surface area contributed by atoms with Gasteiger partial charge in [-0.2, -0.15) is 0 Å². The van der Waals surface area contributed by atoms with Crippen molar-refractivity contribution in [3.05, 3.63) is 71.8 Å². The highest BCUT2D eigenvalue weighted by molar-refractivity contribution is 5.84. The Bertz CT molecular complexity index is 642. The van der Waals surface area contributed by atoms with Gasteiger partial charge in [0, 0.05) is 12.3 Å². The minimum atomic E-state index is -0.324. The molecule has 2 aliphatic rings. The quantitative estimate of drug-likeness (QED) is 0.913. The van der Waals surface area contributed by atoms with Gasteiger partial charge >= 0.3 is 0 Å². The largest absolute Gasteiger partial charge is 0.393 e. The molecule has 2 aliphatic carbocycles. The van der Waals surface area contributed by atoms with Gasteiger partial charge in [-0.1, -0.05) is 60.7 Å². The zero-order valence-electron chi connectivity index (χ0n) is 13.1. The number of hydrogen-bond donors (Lipinski definition) is 1. The second kappa shape index (κ2) is 5.93. The van der Waals surface area contributed by atoms with Crippen LogP contribution >= 0.6 is 0 Å². The van der Waals surface area contributed by atoms with Crippen LogP contribution in [0.1, 0.15) is 42.2 Å². The fourth-order valence-electron chi connectivity index (χ4n) is 4.66. The average molecular weight is 306 g/mol. The number of fused-ring (bicyclic) bond motifs is 2. The van der Waals surface area contributed by atoms with Crippen molar-refractivity contribution in [1.82, 2.24) is 0 Å². The Hall–Kier alpha value is -1.93. The molecule has 0 heterocycles. The molecular formula is C21H22O2. The summed E-state index contributed by atoms with van der Waals surface area (Å²) in [6, 6.07) is 20.5. The summed E-state index contributed by atoms with van der Waals surface area (Å²) in [7, 11) is 0. The smallest absolute Gasteiger partial charge is 0.137 e. The van der Waals surface area contributed by atoms with Crippen molar-refractivity contribution in [2.24, 2.45) is 11.8 Å². The summed E-state index contributed by atoms with van der Waals surface area (Å²) >= 11 is 0. The van der Waals surface area contributed by atoms with E-state index < -0.39 is 0 Å². The molecule has 2 nitrogen and oxygen atoms in total. The van der Waals surface area contributed by atoms with Crippen LogP contribution in [0.5, 0.6) is 0 Å². The maximum absolute atomic E-state index is 12.8. The highest BCUT2D eigenvalue weighted by Crippen LogP contribution is 2.51. The summed E-state index contributed by atoms with van der Waals surface area (Å²) in [6.07, 6.45) is 1.77. The summed E-state index contributed by atoms with van der Waals surface area (Å²) in [5.41, 5.74) is 2.39. The zero-order valence-corrected chi connectivity index (χ0v) is 13.1. The fraction of sp³-hybridized carbons (Fsp3) is 0.381. The number of hydrogen-bond acceptors (Lipinski definition) is 2. The molecule has 23 heavy (non-hydrogen) atoms. The minimum absolute atomic E-state index is 0.0748. The van der Waals surface area contributed by atoms with E-state index in [1.54, 1.807) is 0 Å². The van der Waals surface area contributed by atoms with Gasteiger partial charge in [0.25, 0.3) is 0 Å². The van der Waals surface area contributed by atoms with Gasteiger partial charge in [0.15, 0.2) is 0 Å². The van der Waals surface area contributed by atoms with Gasteiger partial charge in [-0.25, -0.2) is 0 Å². The maximum Gasteiger partial charge on any atom is 0.137 e. The third-order valence-electron chi connectivity index (χ3n) is 5.81. The fourth-order valence-corrected chi connectivity index (χ4v) is 4.66. The van der Waals surface area contributed by atoms with Crippen LogP contribution in [0.3, 0.4) is 0 Å². The summed E-state index contributed by atoms with van der Waals surface area (Å²) in [4.78, 5) is 12.8. The van der Waals surface area contributed by atoms with Gasteiger partial charge in [-0.3, -0.25) is 4.79 Å². The van der Waals surface area contributed by atoms with E-state index in [2.05, 4.69) is 24.3 Å². The van der Waals surface area contributed by atoms with E-state index in [1.165, 1.54) is 11.1 Å². The van der Waals surface area contributed by atoms with Crippen LogP contribution in [0.2, 0.25) is 0 Å². The van der Waals surface area contributed by atoms with Crippen LogP contribution < -0.4 is 0 Å². The standard InChI is InChI=1S/C21H22O2/c22-20-12-16(14-7-3-1-4-8-14)18-11-19(20)17(13-21(18)23)15-9-5-2-6-10-15/h1-10,16-20,22H,11-13H2/t16-,17-,18-,19+,20-/m0/s1. The monoisotopic (exact) mass is 306 g/mol. The number of aliphatic hydroxyl groups is 1. The molecule has 0 amide bonds. The van der Waals surface area contributed by atoms with Gasteiger partial charge in [0.05, 0.1) is 6.10 Å². The van der Waals surface area contributed by atoms with Crippen molar-refractivity contribution in [2.45, 2.75) is 37.2 Å². The maximum atomic E-state index is 12.8. The Kier molecular flexibility index (Phi) is 3.78. The number of rotatable bonds is 2. The highest BCUT2D eigenvalue weighted by Gasteiger charge is 2.48. The number of ketones is 1. The number of carbonyl (C=O) groups is 1. The van der Waals surface area contributed by atoms with Crippen molar-refractivity contribution in [3.63, 3.8) is 0 Å². The van der Waals surface area contributed by atoms with Crippen LogP contribution in [0.15, 0.2) is 60.7 Å². The molecule has 2 aromatic rings. The normalized spacial score (nSPS) is 33.4. The second-order valence-electron chi connectivity index (χ2n) is 7.01.